The van der Waals surface area contributed by atoms with Crippen molar-refractivity contribution < 1.29 is 4.39 Å². The smallest absolute Gasteiger partial charge is 0.185 e. The minimum atomic E-state index is -0.162. The summed E-state index contributed by atoms with van der Waals surface area (Å²) in [6.07, 6.45) is 0. The second-order valence-electron chi connectivity index (χ2n) is 2.70. The Bertz CT molecular complexity index is 281. The zero-order chi connectivity index (χ0) is 11.0. The van der Waals surface area contributed by atoms with Gasteiger partial charge in [0.1, 0.15) is 5.82 Å². The zero-order valence-electron chi connectivity index (χ0n) is 8.90. The highest BCUT2D eigenvalue weighted by atomic mass is 35.5. The van der Waals surface area contributed by atoms with Crippen LogP contribution in [0.4, 0.5) is 4.39 Å². The number of nitrogens with zero attached hydrogens (tertiary/aromatic N) is 1. The predicted molar refractivity (Wildman–Crippen MR) is 64.7 cm³/mol. The second-order valence-corrected chi connectivity index (χ2v) is 2.70. The quantitative estimate of drug-likeness (QED) is 0.574. The summed E-state index contributed by atoms with van der Waals surface area (Å²) in [5.74, 6) is 0.00231. The minimum Gasteiger partial charge on any atom is -0.370 e. The van der Waals surface area contributed by atoms with Gasteiger partial charge >= 0.3 is 0 Å². The van der Waals surface area contributed by atoms with E-state index in [1.54, 1.807) is 6.07 Å². The van der Waals surface area contributed by atoms with Gasteiger partial charge in [-0.15, -0.1) is 12.4 Å². The molecule has 0 saturated carbocycles. The van der Waals surface area contributed by atoms with Crippen LogP contribution in [-0.4, -0.2) is 12.5 Å². The highest BCUT2D eigenvalue weighted by molar-refractivity contribution is 5.85. The highest BCUT2D eigenvalue weighted by Crippen LogP contribution is 1.99. The number of hydrogen-bond acceptors (Lipinski definition) is 1. The summed E-state index contributed by atoms with van der Waals surface area (Å²) in [6.45, 7) is 4.41. The summed E-state index contributed by atoms with van der Waals surface area (Å²) in [5.41, 5.74) is 10.8. The van der Waals surface area contributed by atoms with E-state index in [1.807, 2.05) is 19.9 Å². The van der Waals surface area contributed by atoms with Crippen molar-refractivity contribution in [1.29, 1.82) is 0 Å². The van der Waals surface area contributed by atoms with E-state index in [9.17, 15) is 4.39 Å². The molecule has 1 aromatic carbocycles. The molecular weight excluding hydrogens is 217 g/mol. The van der Waals surface area contributed by atoms with Crippen LogP contribution in [0.15, 0.2) is 29.3 Å². The number of benzene rings is 1. The first-order valence-electron chi connectivity index (χ1n) is 4.33. The molecule has 0 aliphatic heterocycles. The molecule has 0 heterocycles. The summed E-state index contributed by atoms with van der Waals surface area (Å²) in [5, 5.41) is 0. The Morgan fingerprint density at radius 2 is 2.00 bits per heavy atom. The number of halogens is 2. The van der Waals surface area contributed by atoms with E-state index in [0.29, 0.717) is 6.54 Å². The topological polar surface area (TPSA) is 64.4 Å². The number of aliphatic imine (C=N–C) groups is 1. The van der Waals surface area contributed by atoms with Crippen LogP contribution in [0.1, 0.15) is 12.5 Å². The number of hydrogen-bond donors (Lipinski definition) is 2. The number of guanidine groups is 1. The number of rotatable bonds is 1. The lowest BCUT2D eigenvalue weighted by atomic mass is 10.2. The lowest BCUT2D eigenvalue weighted by Crippen LogP contribution is -2.22. The molecule has 0 radical (unpaired) electrons. The molecular formula is C10H17ClFN3. The van der Waals surface area contributed by atoms with Crippen LogP contribution < -0.4 is 11.5 Å². The first-order chi connectivity index (χ1) is 6.56. The molecule has 0 bridgehead atoms. The van der Waals surface area contributed by atoms with Gasteiger partial charge in [-0.3, -0.25) is 4.99 Å². The van der Waals surface area contributed by atoms with Gasteiger partial charge < -0.3 is 11.5 Å². The van der Waals surface area contributed by atoms with Gasteiger partial charge in [0, 0.05) is 6.54 Å². The van der Waals surface area contributed by atoms with E-state index in [2.05, 4.69) is 4.99 Å². The fourth-order valence-corrected chi connectivity index (χ4v) is 0.788. The second kappa shape index (κ2) is 9.27. The molecule has 0 saturated heterocycles. The Balaban J connectivity index is 0. The average Bonchev–Trinajstić information content (AvgIpc) is 2.03. The van der Waals surface area contributed by atoms with Crippen LogP contribution in [0, 0.1) is 12.7 Å². The Labute approximate surface area is 95.8 Å². The van der Waals surface area contributed by atoms with E-state index < -0.39 is 0 Å². The highest BCUT2D eigenvalue weighted by Gasteiger charge is 1.84. The molecule has 3 nitrogen and oxygen atoms in total. The van der Waals surface area contributed by atoms with E-state index in [1.165, 1.54) is 12.1 Å². The van der Waals surface area contributed by atoms with E-state index >= 15 is 0 Å². The van der Waals surface area contributed by atoms with Crippen LogP contribution in [0.5, 0.6) is 0 Å². The fourth-order valence-electron chi connectivity index (χ4n) is 0.788. The van der Waals surface area contributed by atoms with Gasteiger partial charge in [-0.2, -0.15) is 0 Å². The first kappa shape index (κ1) is 16.2. The summed E-state index contributed by atoms with van der Waals surface area (Å²) < 4.78 is 12.2. The third-order valence-electron chi connectivity index (χ3n) is 1.32. The van der Waals surface area contributed by atoms with Crippen molar-refractivity contribution in [3.63, 3.8) is 0 Å². The molecule has 0 aromatic heterocycles. The van der Waals surface area contributed by atoms with Gasteiger partial charge in [-0.25, -0.2) is 4.39 Å². The standard InChI is InChI=1S/C7H7F.C3H9N3.ClH/c1-6-3-2-4-7(8)5-6;1-2-6-3(4)5;/h2-5H,1H3;2H2,1H3,(H4,4,5,6);1H. The molecule has 0 aliphatic carbocycles. The van der Waals surface area contributed by atoms with Crippen LogP contribution in [-0.2, 0) is 0 Å². The van der Waals surface area contributed by atoms with Gasteiger partial charge in [0.2, 0.25) is 0 Å². The lowest BCUT2D eigenvalue weighted by molar-refractivity contribution is 0.626. The molecule has 0 amide bonds. The Morgan fingerprint density at radius 3 is 2.20 bits per heavy atom. The molecule has 0 spiro atoms. The lowest BCUT2D eigenvalue weighted by Gasteiger charge is -1.87. The normalized spacial score (nSPS) is 7.93. The SMILES string of the molecule is CCN=C(N)N.Cc1cccc(F)c1.Cl. The van der Waals surface area contributed by atoms with Crippen molar-refractivity contribution in [2.24, 2.45) is 16.5 Å². The molecule has 5 heteroatoms. The molecule has 0 aliphatic rings. The van der Waals surface area contributed by atoms with E-state index in [0.717, 1.165) is 5.56 Å². The van der Waals surface area contributed by atoms with Crippen molar-refractivity contribution >= 4 is 18.4 Å². The zero-order valence-corrected chi connectivity index (χ0v) is 9.72. The van der Waals surface area contributed by atoms with Gasteiger partial charge in [0.15, 0.2) is 5.96 Å². The van der Waals surface area contributed by atoms with Crippen LogP contribution in [0.3, 0.4) is 0 Å². The fraction of sp³-hybridized carbons (Fsp3) is 0.300. The average molecular weight is 234 g/mol. The Hall–Kier alpha value is -1.29. The number of aryl methyl sites for hydroxylation is 1. The van der Waals surface area contributed by atoms with Gasteiger partial charge in [0.25, 0.3) is 0 Å². The van der Waals surface area contributed by atoms with Gasteiger partial charge in [-0.05, 0) is 31.5 Å². The van der Waals surface area contributed by atoms with E-state index in [4.69, 9.17) is 11.5 Å². The third-order valence-corrected chi connectivity index (χ3v) is 1.32. The van der Waals surface area contributed by atoms with Crippen LogP contribution in [0.2, 0.25) is 0 Å². The third kappa shape index (κ3) is 10.6. The Kier molecular flexibility index (Phi) is 9.98. The van der Waals surface area contributed by atoms with Crippen LogP contribution >= 0.6 is 12.4 Å². The monoisotopic (exact) mass is 233 g/mol. The summed E-state index contributed by atoms with van der Waals surface area (Å²) in [4.78, 5) is 3.60. The van der Waals surface area contributed by atoms with Crippen molar-refractivity contribution in [2.45, 2.75) is 13.8 Å². The summed E-state index contributed by atoms with van der Waals surface area (Å²) in [7, 11) is 0. The molecule has 0 fully saturated rings. The molecule has 4 N–H and O–H groups in total. The Morgan fingerprint density at radius 1 is 1.40 bits per heavy atom. The maximum atomic E-state index is 12.2. The molecule has 1 aromatic rings. The van der Waals surface area contributed by atoms with Crippen molar-refractivity contribution in [1.82, 2.24) is 0 Å². The van der Waals surface area contributed by atoms with E-state index in [-0.39, 0.29) is 24.2 Å². The molecule has 15 heavy (non-hydrogen) atoms. The maximum absolute atomic E-state index is 12.2. The maximum Gasteiger partial charge on any atom is 0.185 e. The van der Waals surface area contributed by atoms with Crippen molar-refractivity contribution in [3.8, 4) is 0 Å². The van der Waals surface area contributed by atoms with Crippen molar-refractivity contribution in [3.05, 3.63) is 35.6 Å². The molecule has 86 valence electrons. The largest absolute Gasteiger partial charge is 0.370 e. The minimum absolute atomic E-state index is 0. The molecule has 0 unspecified atom stereocenters. The number of nitrogens with two attached hydrogens (primary N) is 2. The first-order valence-corrected chi connectivity index (χ1v) is 4.33. The van der Waals surface area contributed by atoms with Crippen LogP contribution in [0.25, 0.3) is 0 Å². The van der Waals surface area contributed by atoms with Gasteiger partial charge in [-0.1, -0.05) is 12.1 Å². The van der Waals surface area contributed by atoms with Gasteiger partial charge in [0.05, 0.1) is 0 Å². The summed E-state index contributed by atoms with van der Waals surface area (Å²) >= 11 is 0. The predicted octanol–water partition coefficient (Wildman–Crippen LogP) is 1.84. The summed E-state index contributed by atoms with van der Waals surface area (Å²) in [6, 6.07) is 6.50. The molecule has 1 rings (SSSR count). The van der Waals surface area contributed by atoms with Crippen molar-refractivity contribution in [2.75, 3.05) is 6.54 Å². The molecule has 0 atom stereocenters.